The molecule has 0 saturated carbocycles. The molecule has 0 fully saturated rings. The van der Waals surface area contributed by atoms with E-state index in [0.29, 0.717) is 5.69 Å². The van der Waals surface area contributed by atoms with E-state index in [1.54, 1.807) is 0 Å². The molecule has 96 heavy (non-hydrogen) atoms. The highest BCUT2D eigenvalue weighted by atomic mass is 15.1. The normalized spacial score (nSPS) is 11.7. The second-order valence-corrected chi connectivity index (χ2v) is 25.0. The van der Waals surface area contributed by atoms with Crippen molar-refractivity contribution in [1.29, 1.82) is 0 Å². The van der Waals surface area contributed by atoms with Crippen LogP contribution in [0.4, 0.5) is 5.69 Å². The van der Waals surface area contributed by atoms with Crippen molar-refractivity contribution in [2.24, 2.45) is 0 Å². The Hall–Kier alpha value is -13.0. The molecular formula is C91H57N5. The summed E-state index contributed by atoms with van der Waals surface area (Å²) >= 11 is 0. The lowest BCUT2D eigenvalue weighted by Crippen LogP contribution is -2.09. The predicted octanol–water partition coefficient (Wildman–Crippen LogP) is 24.6. The summed E-state index contributed by atoms with van der Waals surface area (Å²) in [4.78, 5) is 5.15. The van der Waals surface area contributed by atoms with Crippen LogP contribution >= 0.6 is 0 Å². The third kappa shape index (κ3) is 8.56. The zero-order chi connectivity index (χ0) is 63.4. The van der Waals surface area contributed by atoms with E-state index in [-0.39, 0.29) is 0 Å². The van der Waals surface area contributed by atoms with Crippen LogP contribution in [0.1, 0.15) is 0 Å². The van der Waals surface area contributed by atoms with Gasteiger partial charge in [-0.15, -0.1) is 0 Å². The smallest absolute Gasteiger partial charge is 0.238 e. The van der Waals surface area contributed by atoms with E-state index in [1.165, 1.54) is 0 Å². The first-order chi connectivity index (χ1) is 47.6. The Bertz CT molecular complexity index is 6040. The van der Waals surface area contributed by atoms with Crippen molar-refractivity contribution in [1.82, 2.24) is 18.3 Å². The van der Waals surface area contributed by atoms with Gasteiger partial charge in [0, 0.05) is 48.8 Å². The number of nitrogens with zero attached hydrogens (tertiary/aromatic N) is 5. The molecule has 0 aliphatic rings. The molecule has 5 heteroatoms. The van der Waals surface area contributed by atoms with Crippen molar-refractivity contribution in [2.75, 3.05) is 0 Å². The highest BCUT2D eigenvalue weighted by molar-refractivity contribution is 6.25. The molecule has 15 aromatic carbocycles. The molecule has 4 heterocycles. The molecule has 0 atom stereocenters. The van der Waals surface area contributed by atoms with Gasteiger partial charge in [-0.05, 0) is 158 Å². The molecule has 0 N–H and O–H groups in total. The average molecular weight is 1220 g/mol. The molecule has 0 amide bonds. The molecular weight excluding hydrogens is 1160 g/mol. The largest absolute Gasteiger partial charge is 0.317 e. The molecule has 5 nitrogen and oxygen atoms in total. The minimum Gasteiger partial charge on any atom is -0.317 e. The second kappa shape index (κ2) is 22.1. The van der Waals surface area contributed by atoms with Crippen LogP contribution in [0.2, 0.25) is 0 Å². The van der Waals surface area contributed by atoms with Crippen molar-refractivity contribution >= 4 is 92.9 Å². The van der Waals surface area contributed by atoms with Crippen LogP contribution in [0.15, 0.2) is 346 Å². The van der Waals surface area contributed by atoms with Gasteiger partial charge in [0.2, 0.25) is 5.69 Å². The van der Waals surface area contributed by atoms with Crippen LogP contribution < -0.4 is 0 Å². The highest BCUT2D eigenvalue weighted by Gasteiger charge is 2.34. The van der Waals surface area contributed by atoms with Gasteiger partial charge in [-0.2, -0.15) is 0 Å². The zero-order valence-electron chi connectivity index (χ0n) is 52.1. The molecule has 0 radical (unpaired) electrons. The van der Waals surface area contributed by atoms with Gasteiger partial charge in [0.1, 0.15) is 0 Å². The Morgan fingerprint density at radius 2 is 0.448 bits per heavy atom. The standard InChI is InChI=1S/C91H57N5/c1-92-87-90(95-82-49-43-67(61-29-13-4-14-30-61)55-75(82)76-56-68(44-50-83(76)95)62-31-15-5-16-32-62)88-86(72-39-23-24-40-79(72)93(88)71-37-21-8-22-38-71)89(94-80-47-41-65(59-25-9-2-10-26-59)53-73(80)74-54-66(42-48-81(74)94)60-27-11-3-12-28-60)91(87)96-84-51-45-69(63-33-17-6-18-34-63)57-77(84)78-58-70(46-52-85(78)96)64-35-19-7-20-36-64/h2-58H. The first-order valence-electron chi connectivity index (χ1n) is 32.8. The number of aromatic nitrogens is 4. The van der Waals surface area contributed by atoms with Gasteiger partial charge in [0.15, 0.2) is 0 Å². The summed E-state index contributed by atoms with van der Waals surface area (Å²) in [6.07, 6.45) is 0. The maximum atomic E-state index is 10.4. The fraction of sp³-hybridized carbons (Fsp3) is 0. The van der Waals surface area contributed by atoms with Crippen molar-refractivity contribution in [2.45, 2.75) is 0 Å². The van der Waals surface area contributed by atoms with Crippen LogP contribution in [-0.2, 0) is 0 Å². The number of hydrogen-bond acceptors (Lipinski definition) is 0. The Balaban J connectivity index is 1.06. The number of para-hydroxylation sites is 2. The van der Waals surface area contributed by atoms with Gasteiger partial charge >= 0.3 is 0 Å². The van der Waals surface area contributed by atoms with Crippen molar-refractivity contribution < 1.29 is 0 Å². The summed E-state index contributed by atoms with van der Waals surface area (Å²) in [6, 6.07) is 126. The summed E-state index contributed by atoms with van der Waals surface area (Å²) in [7, 11) is 0. The molecule has 4 aromatic heterocycles. The zero-order valence-corrected chi connectivity index (χ0v) is 52.1. The van der Waals surface area contributed by atoms with Crippen LogP contribution in [-0.4, -0.2) is 18.3 Å². The molecule has 0 spiro atoms. The van der Waals surface area contributed by atoms with Gasteiger partial charge in [0.25, 0.3) is 0 Å². The summed E-state index contributed by atoms with van der Waals surface area (Å²) in [5.41, 5.74) is 25.4. The Morgan fingerprint density at radius 1 is 0.198 bits per heavy atom. The van der Waals surface area contributed by atoms with Crippen LogP contribution in [0, 0.1) is 6.57 Å². The second-order valence-electron chi connectivity index (χ2n) is 25.0. The maximum Gasteiger partial charge on any atom is 0.238 e. The fourth-order valence-electron chi connectivity index (χ4n) is 15.4. The highest BCUT2D eigenvalue weighted by Crippen LogP contribution is 2.54. The predicted molar refractivity (Wildman–Crippen MR) is 403 cm³/mol. The van der Waals surface area contributed by atoms with Crippen LogP contribution in [0.3, 0.4) is 0 Å². The van der Waals surface area contributed by atoms with Gasteiger partial charge < -0.3 is 18.3 Å². The Kier molecular flexibility index (Phi) is 12.6. The number of rotatable bonds is 10. The van der Waals surface area contributed by atoms with Crippen molar-refractivity contribution in [3.8, 4) is 89.5 Å². The van der Waals surface area contributed by atoms with E-state index in [4.69, 9.17) is 4.85 Å². The lowest BCUT2D eigenvalue weighted by Gasteiger charge is -2.24. The van der Waals surface area contributed by atoms with E-state index < -0.39 is 0 Å². The third-order valence-electron chi connectivity index (χ3n) is 19.7. The van der Waals surface area contributed by atoms with E-state index in [9.17, 15) is 6.57 Å². The molecule has 0 bridgehead atoms. The van der Waals surface area contributed by atoms with E-state index in [0.717, 1.165) is 177 Å². The summed E-state index contributed by atoms with van der Waals surface area (Å²) in [5.74, 6) is 0. The lowest BCUT2D eigenvalue weighted by atomic mass is 10.0. The molecule has 0 aliphatic heterocycles. The number of benzene rings is 15. The summed E-state index contributed by atoms with van der Waals surface area (Å²) in [5, 5.41) is 8.63. The number of fused-ring (bicyclic) bond motifs is 12. The van der Waals surface area contributed by atoms with Gasteiger partial charge in [-0.1, -0.05) is 255 Å². The topological polar surface area (TPSA) is 24.1 Å². The fourth-order valence-corrected chi connectivity index (χ4v) is 15.4. The molecule has 19 rings (SSSR count). The molecule has 19 aromatic rings. The Morgan fingerprint density at radius 3 is 0.750 bits per heavy atom. The quantitative estimate of drug-likeness (QED) is 0.122. The molecule has 0 saturated heterocycles. The maximum absolute atomic E-state index is 10.4. The lowest BCUT2D eigenvalue weighted by molar-refractivity contribution is 1.09. The molecule has 0 unspecified atom stereocenters. The van der Waals surface area contributed by atoms with Crippen LogP contribution in [0.5, 0.6) is 0 Å². The minimum absolute atomic E-state index is 0.505. The van der Waals surface area contributed by atoms with Gasteiger partial charge in [-0.3, -0.25) is 0 Å². The third-order valence-corrected chi connectivity index (χ3v) is 19.7. The first-order valence-corrected chi connectivity index (χ1v) is 32.8. The molecule has 446 valence electrons. The Labute approximate surface area is 554 Å². The van der Waals surface area contributed by atoms with Gasteiger partial charge in [-0.25, -0.2) is 4.85 Å². The summed E-state index contributed by atoms with van der Waals surface area (Å²) < 4.78 is 9.85. The minimum atomic E-state index is 0.505. The van der Waals surface area contributed by atoms with Crippen molar-refractivity contribution in [3.05, 3.63) is 357 Å². The first kappa shape index (κ1) is 54.7. The van der Waals surface area contributed by atoms with E-state index in [2.05, 4.69) is 364 Å². The van der Waals surface area contributed by atoms with Crippen LogP contribution in [0.25, 0.3) is 182 Å². The molecule has 0 aliphatic carbocycles. The monoisotopic (exact) mass is 1220 g/mol. The SMILES string of the molecule is [C-]#[N+]c1c(-n2c3ccc(-c4ccccc4)cc3c3cc(-c4ccccc4)ccc32)c(-n2c3ccc(-c4ccccc4)cc3c3cc(-c4ccccc4)ccc32)c2c3ccccc3n(-c3ccccc3)c2c1-n1c2ccc(-c3ccccc3)cc2c2cc(-c3ccccc3)ccc21. The average Bonchev–Trinajstić information content (AvgIpc) is 1.50. The number of hydrogen-bond donors (Lipinski definition) is 0. The summed E-state index contributed by atoms with van der Waals surface area (Å²) in [6.45, 7) is 10.4. The van der Waals surface area contributed by atoms with E-state index >= 15 is 0 Å². The van der Waals surface area contributed by atoms with E-state index in [1.807, 2.05) is 0 Å². The van der Waals surface area contributed by atoms with Crippen molar-refractivity contribution in [3.63, 3.8) is 0 Å². The van der Waals surface area contributed by atoms with Gasteiger partial charge in [0.05, 0.1) is 67.8 Å².